The smallest absolute Gasteiger partial charge is 0.145 e. The van der Waals surface area contributed by atoms with E-state index in [4.69, 9.17) is 10.5 Å². The van der Waals surface area contributed by atoms with Crippen LogP contribution in [0.1, 0.15) is 27.7 Å². The molecular formula is C23H24N2O. The summed E-state index contributed by atoms with van der Waals surface area (Å²) in [4.78, 5) is 10.5. The minimum Gasteiger partial charge on any atom is -0.298 e. The van der Waals surface area contributed by atoms with Crippen molar-refractivity contribution in [3.05, 3.63) is 94.7 Å². The highest BCUT2D eigenvalue weighted by molar-refractivity contribution is 5.72. The number of rotatable bonds is 8. The summed E-state index contributed by atoms with van der Waals surface area (Å²) in [5, 5.41) is 17.4. The number of carbonyl (C=O) groups excluding carboxylic acids is 1. The SMILES string of the molecule is C\C(C=O)=C/C=C/C(C)=C/C=C/C=C(C)/C=C/C=C(\C)C=C(C#N)C#N. The molecule has 0 atom stereocenters. The van der Waals surface area contributed by atoms with Crippen LogP contribution in [0.25, 0.3) is 0 Å². The normalized spacial score (nSPS) is 13.9. The van der Waals surface area contributed by atoms with Gasteiger partial charge in [-0.2, -0.15) is 10.5 Å². The first-order chi connectivity index (χ1) is 12.4. The lowest BCUT2D eigenvalue weighted by Crippen LogP contribution is -1.74. The van der Waals surface area contributed by atoms with Crippen LogP contribution in [0.3, 0.4) is 0 Å². The summed E-state index contributed by atoms with van der Waals surface area (Å²) < 4.78 is 0. The molecule has 0 radical (unpaired) electrons. The minimum absolute atomic E-state index is 0.0929. The number of aldehydes is 1. The second kappa shape index (κ2) is 14.0. The lowest BCUT2D eigenvalue weighted by molar-refractivity contribution is -0.104. The molecule has 26 heavy (non-hydrogen) atoms. The average molecular weight is 344 g/mol. The van der Waals surface area contributed by atoms with Crippen LogP contribution in [0, 0.1) is 22.7 Å². The Bertz CT molecular complexity index is 795. The van der Waals surface area contributed by atoms with Crippen molar-refractivity contribution in [2.45, 2.75) is 27.7 Å². The Kier molecular flexibility index (Phi) is 12.1. The molecular weight excluding hydrogens is 320 g/mol. The molecule has 0 aromatic carbocycles. The molecule has 3 nitrogen and oxygen atoms in total. The van der Waals surface area contributed by atoms with Crippen LogP contribution in [-0.2, 0) is 4.79 Å². The molecule has 0 bridgehead atoms. The Morgan fingerprint density at radius 3 is 1.50 bits per heavy atom. The van der Waals surface area contributed by atoms with E-state index in [0.717, 1.165) is 23.0 Å². The van der Waals surface area contributed by atoms with Gasteiger partial charge in [-0.1, -0.05) is 71.9 Å². The molecule has 0 aliphatic carbocycles. The zero-order chi connectivity index (χ0) is 19.8. The second-order valence-corrected chi connectivity index (χ2v) is 5.65. The van der Waals surface area contributed by atoms with E-state index in [-0.39, 0.29) is 5.57 Å². The average Bonchev–Trinajstić information content (AvgIpc) is 2.63. The Balaban J connectivity index is 4.75. The van der Waals surface area contributed by atoms with Crippen molar-refractivity contribution in [1.82, 2.24) is 0 Å². The molecule has 0 fully saturated rings. The van der Waals surface area contributed by atoms with E-state index in [2.05, 4.69) is 0 Å². The molecule has 0 heterocycles. The number of nitrogens with zero attached hydrogens (tertiary/aromatic N) is 2. The molecule has 0 unspecified atom stereocenters. The molecule has 0 saturated heterocycles. The lowest BCUT2D eigenvalue weighted by Gasteiger charge is -1.90. The van der Waals surface area contributed by atoms with Crippen LogP contribution < -0.4 is 0 Å². The molecule has 0 aliphatic heterocycles. The summed E-state index contributed by atoms with van der Waals surface area (Å²) in [5.74, 6) is 0. The molecule has 0 N–H and O–H groups in total. The van der Waals surface area contributed by atoms with E-state index in [1.807, 2.05) is 87.6 Å². The lowest BCUT2D eigenvalue weighted by atomic mass is 10.1. The van der Waals surface area contributed by atoms with Gasteiger partial charge in [0.1, 0.15) is 24.0 Å². The van der Waals surface area contributed by atoms with E-state index < -0.39 is 0 Å². The van der Waals surface area contributed by atoms with Gasteiger partial charge in [0.15, 0.2) is 0 Å². The zero-order valence-corrected chi connectivity index (χ0v) is 15.7. The van der Waals surface area contributed by atoms with Crippen LogP contribution in [-0.4, -0.2) is 6.29 Å². The Morgan fingerprint density at radius 1 is 0.654 bits per heavy atom. The van der Waals surface area contributed by atoms with Crippen molar-refractivity contribution < 1.29 is 4.79 Å². The van der Waals surface area contributed by atoms with Crippen molar-refractivity contribution in [3.63, 3.8) is 0 Å². The molecule has 0 saturated carbocycles. The largest absolute Gasteiger partial charge is 0.298 e. The predicted octanol–water partition coefficient (Wildman–Crippen LogP) is 5.61. The van der Waals surface area contributed by atoms with Crippen molar-refractivity contribution in [1.29, 1.82) is 10.5 Å². The highest BCUT2D eigenvalue weighted by Gasteiger charge is 1.90. The molecule has 132 valence electrons. The second-order valence-electron chi connectivity index (χ2n) is 5.65. The van der Waals surface area contributed by atoms with Crippen molar-refractivity contribution >= 4 is 6.29 Å². The van der Waals surface area contributed by atoms with Crippen molar-refractivity contribution in [2.24, 2.45) is 0 Å². The predicted molar refractivity (Wildman–Crippen MR) is 108 cm³/mol. The van der Waals surface area contributed by atoms with Crippen LogP contribution >= 0.6 is 0 Å². The third-order valence-electron chi connectivity index (χ3n) is 3.06. The molecule has 0 spiro atoms. The topological polar surface area (TPSA) is 64.7 Å². The number of hydrogen-bond donors (Lipinski definition) is 0. The Morgan fingerprint density at radius 2 is 1.08 bits per heavy atom. The molecule has 0 amide bonds. The van der Waals surface area contributed by atoms with E-state index in [1.54, 1.807) is 19.1 Å². The molecule has 0 aliphatic rings. The van der Waals surface area contributed by atoms with Gasteiger partial charge < -0.3 is 0 Å². The summed E-state index contributed by atoms with van der Waals surface area (Å²) in [6.45, 7) is 7.57. The van der Waals surface area contributed by atoms with Gasteiger partial charge in [-0.05, 0) is 44.9 Å². The third-order valence-corrected chi connectivity index (χ3v) is 3.06. The molecule has 0 aromatic rings. The standard InChI is InChI=1S/C23H24N2O/c1-19(11-7-13-21(3)15-23(16-24)17-25)9-5-6-10-20(2)12-8-14-22(4)18-26/h5-15,18H,1-4H3/b6-5+,11-7+,12-8+,19-9+,20-10+,21-13+,22-14+. The highest BCUT2D eigenvalue weighted by Crippen LogP contribution is 2.03. The summed E-state index contributed by atoms with van der Waals surface area (Å²) in [5.41, 5.74) is 3.77. The van der Waals surface area contributed by atoms with Crippen LogP contribution in [0.4, 0.5) is 0 Å². The fraction of sp³-hybridized carbons (Fsp3) is 0.174. The van der Waals surface area contributed by atoms with Gasteiger partial charge in [-0.3, -0.25) is 4.79 Å². The van der Waals surface area contributed by atoms with Gasteiger partial charge in [0, 0.05) is 0 Å². The third kappa shape index (κ3) is 12.0. The van der Waals surface area contributed by atoms with Gasteiger partial charge in [-0.25, -0.2) is 0 Å². The Hall–Kier alpha value is -3.43. The number of allylic oxidation sites excluding steroid dienone is 16. The van der Waals surface area contributed by atoms with E-state index >= 15 is 0 Å². The maximum absolute atomic E-state index is 10.5. The van der Waals surface area contributed by atoms with Crippen LogP contribution in [0.5, 0.6) is 0 Å². The van der Waals surface area contributed by atoms with E-state index in [1.165, 1.54) is 0 Å². The van der Waals surface area contributed by atoms with Gasteiger partial charge in [0.25, 0.3) is 0 Å². The van der Waals surface area contributed by atoms with Gasteiger partial charge in [-0.15, -0.1) is 0 Å². The van der Waals surface area contributed by atoms with E-state index in [9.17, 15) is 4.79 Å². The van der Waals surface area contributed by atoms with Gasteiger partial charge >= 0.3 is 0 Å². The first-order valence-electron chi connectivity index (χ1n) is 8.11. The van der Waals surface area contributed by atoms with Crippen molar-refractivity contribution in [2.75, 3.05) is 0 Å². The summed E-state index contributed by atoms with van der Waals surface area (Å²) in [7, 11) is 0. The first kappa shape index (κ1) is 22.6. The van der Waals surface area contributed by atoms with Gasteiger partial charge in [0.2, 0.25) is 0 Å². The number of hydrogen-bond acceptors (Lipinski definition) is 3. The van der Waals surface area contributed by atoms with Crippen LogP contribution in [0.2, 0.25) is 0 Å². The monoisotopic (exact) mass is 344 g/mol. The van der Waals surface area contributed by atoms with E-state index in [0.29, 0.717) is 5.57 Å². The fourth-order valence-corrected chi connectivity index (χ4v) is 1.63. The summed E-state index contributed by atoms with van der Waals surface area (Å²) >= 11 is 0. The van der Waals surface area contributed by atoms with Crippen molar-refractivity contribution in [3.8, 4) is 12.1 Å². The zero-order valence-electron chi connectivity index (χ0n) is 15.7. The maximum Gasteiger partial charge on any atom is 0.145 e. The quantitative estimate of drug-likeness (QED) is 0.249. The fourth-order valence-electron chi connectivity index (χ4n) is 1.63. The maximum atomic E-state index is 10.5. The summed E-state index contributed by atoms with van der Waals surface area (Å²) in [6.07, 6.45) is 21.5. The summed E-state index contributed by atoms with van der Waals surface area (Å²) in [6, 6.07) is 3.66. The Labute approximate surface area is 156 Å². The molecule has 3 heteroatoms. The minimum atomic E-state index is 0.0929. The molecule has 0 aromatic heterocycles. The highest BCUT2D eigenvalue weighted by atomic mass is 16.1. The number of carbonyl (C=O) groups is 1. The first-order valence-corrected chi connectivity index (χ1v) is 8.11. The van der Waals surface area contributed by atoms with Crippen LogP contribution in [0.15, 0.2) is 94.7 Å². The van der Waals surface area contributed by atoms with Gasteiger partial charge in [0.05, 0.1) is 0 Å². The number of nitriles is 2. The molecule has 0 rings (SSSR count).